The van der Waals surface area contributed by atoms with Gasteiger partial charge >= 0.3 is 0 Å². The fraction of sp³-hybridized carbons (Fsp3) is 0.533. The lowest BCUT2D eigenvalue weighted by Gasteiger charge is -2.29. The Morgan fingerprint density at radius 1 is 1.50 bits per heavy atom. The van der Waals surface area contributed by atoms with Crippen LogP contribution in [-0.2, 0) is 4.79 Å². The highest BCUT2D eigenvalue weighted by Gasteiger charge is 2.31. The smallest absolute Gasteiger partial charge is 0.239 e. The molecule has 1 amide bonds. The molecule has 1 fully saturated rings. The summed E-state index contributed by atoms with van der Waals surface area (Å²) >= 11 is 0. The normalized spacial score (nSPS) is 20.6. The van der Waals surface area contributed by atoms with Crippen molar-refractivity contribution in [3.63, 3.8) is 0 Å². The molecule has 2 N–H and O–H groups in total. The molecule has 2 unspecified atom stereocenters. The number of amides is 1. The predicted molar refractivity (Wildman–Crippen MR) is 78.6 cm³/mol. The number of nitrogens with zero attached hydrogens (tertiary/aromatic N) is 2. The number of benzene rings is 1. The largest absolute Gasteiger partial charge is 0.497 e. The molecular formula is C15H23N3O2. The zero-order valence-electron chi connectivity index (χ0n) is 12.4. The molecule has 1 aliphatic rings. The number of hydrogen-bond donors (Lipinski definition) is 1. The van der Waals surface area contributed by atoms with Crippen LogP contribution in [0.15, 0.2) is 24.3 Å². The molecule has 2 rings (SSSR count). The summed E-state index contributed by atoms with van der Waals surface area (Å²) in [5.41, 5.74) is 6.92. The van der Waals surface area contributed by atoms with E-state index in [4.69, 9.17) is 10.5 Å². The Labute approximate surface area is 120 Å². The summed E-state index contributed by atoms with van der Waals surface area (Å²) in [6.45, 7) is 1.40. The first kappa shape index (κ1) is 14.8. The van der Waals surface area contributed by atoms with Gasteiger partial charge in [-0.15, -0.1) is 0 Å². The van der Waals surface area contributed by atoms with Gasteiger partial charge in [0, 0.05) is 13.1 Å². The van der Waals surface area contributed by atoms with E-state index in [1.807, 2.05) is 37.2 Å². The third kappa shape index (κ3) is 3.11. The van der Waals surface area contributed by atoms with Crippen LogP contribution in [-0.4, -0.2) is 56.0 Å². The standard InChI is InChI=1S/C15H23N3O2/c1-17(2)14(10-18-8-7-13(16)15(18)19)11-5-4-6-12(9-11)20-3/h4-6,9,13-14H,7-8,10,16H2,1-3H3. The van der Waals surface area contributed by atoms with E-state index in [0.717, 1.165) is 24.3 Å². The Hall–Kier alpha value is -1.59. The Balaban J connectivity index is 2.16. The summed E-state index contributed by atoms with van der Waals surface area (Å²) in [5, 5.41) is 0. The quantitative estimate of drug-likeness (QED) is 0.867. The van der Waals surface area contributed by atoms with E-state index in [9.17, 15) is 4.79 Å². The van der Waals surface area contributed by atoms with Crippen molar-refractivity contribution < 1.29 is 9.53 Å². The van der Waals surface area contributed by atoms with E-state index in [1.54, 1.807) is 7.11 Å². The van der Waals surface area contributed by atoms with Crippen LogP contribution in [0.5, 0.6) is 5.75 Å². The molecule has 0 aliphatic carbocycles. The highest BCUT2D eigenvalue weighted by atomic mass is 16.5. The van der Waals surface area contributed by atoms with Crippen LogP contribution in [0.3, 0.4) is 0 Å². The first-order valence-corrected chi connectivity index (χ1v) is 6.87. The van der Waals surface area contributed by atoms with Gasteiger partial charge in [-0.3, -0.25) is 4.79 Å². The minimum Gasteiger partial charge on any atom is -0.497 e. The number of rotatable bonds is 5. The summed E-state index contributed by atoms with van der Waals surface area (Å²) < 4.78 is 5.27. The number of carbonyl (C=O) groups is 1. The lowest BCUT2D eigenvalue weighted by molar-refractivity contribution is -0.129. The number of likely N-dealkylation sites (N-methyl/N-ethyl adjacent to an activating group) is 1. The van der Waals surface area contributed by atoms with E-state index in [2.05, 4.69) is 11.0 Å². The van der Waals surface area contributed by atoms with E-state index in [1.165, 1.54) is 0 Å². The number of likely N-dealkylation sites (tertiary alicyclic amines) is 1. The van der Waals surface area contributed by atoms with Crippen LogP contribution < -0.4 is 10.5 Å². The van der Waals surface area contributed by atoms with Crippen molar-refractivity contribution in [2.24, 2.45) is 5.73 Å². The first-order valence-electron chi connectivity index (χ1n) is 6.87. The Morgan fingerprint density at radius 3 is 2.80 bits per heavy atom. The molecule has 0 radical (unpaired) electrons. The molecule has 1 aromatic carbocycles. The molecule has 0 spiro atoms. The van der Waals surface area contributed by atoms with Crippen molar-refractivity contribution in [1.82, 2.24) is 9.80 Å². The predicted octanol–water partition coefficient (Wildman–Crippen LogP) is 0.858. The maximum atomic E-state index is 12.0. The zero-order chi connectivity index (χ0) is 14.7. The molecule has 1 heterocycles. The second-order valence-electron chi connectivity index (χ2n) is 5.44. The van der Waals surface area contributed by atoms with Gasteiger partial charge in [0.2, 0.25) is 5.91 Å². The van der Waals surface area contributed by atoms with Gasteiger partial charge in [-0.05, 0) is 38.2 Å². The third-order valence-electron chi connectivity index (χ3n) is 3.83. The Bertz CT molecular complexity index is 476. The van der Waals surface area contributed by atoms with Crippen LogP contribution in [0.2, 0.25) is 0 Å². The fourth-order valence-corrected chi connectivity index (χ4v) is 2.57. The Kier molecular flexibility index (Phi) is 4.62. The average Bonchev–Trinajstić information content (AvgIpc) is 2.76. The molecule has 5 nitrogen and oxygen atoms in total. The van der Waals surface area contributed by atoms with E-state index in [-0.39, 0.29) is 18.0 Å². The van der Waals surface area contributed by atoms with Crippen molar-refractivity contribution in [2.75, 3.05) is 34.3 Å². The molecule has 0 saturated carbocycles. The number of carbonyl (C=O) groups excluding carboxylic acids is 1. The highest BCUT2D eigenvalue weighted by Crippen LogP contribution is 2.25. The number of hydrogen-bond acceptors (Lipinski definition) is 4. The van der Waals surface area contributed by atoms with Crippen LogP contribution in [0, 0.1) is 0 Å². The lowest BCUT2D eigenvalue weighted by atomic mass is 10.1. The summed E-state index contributed by atoms with van der Waals surface area (Å²) in [5.74, 6) is 0.888. The lowest BCUT2D eigenvalue weighted by Crippen LogP contribution is -2.39. The number of methoxy groups -OCH3 is 1. The van der Waals surface area contributed by atoms with Crippen LogP contribution in [0.4, 0.5) is 0 Å². The summed E-state index contributed by atoms with van der Waals surface area (Å²) in [6, 6.07) is 7.79. The SMILES string of the molecule is COc1cccc(C(CN2CCC(N)C2=O)N(C)C)c1. The molecular weight excluding hydrogens is 254 g/mol. The van der Waals surface area contributed by atoms with Gasteiger partial charge in [-0.25, -0.2) is 0 Å². The van der Waals surface area contributed by atoms with Gasteiger partial charge in [-0.1, -0.05) is 12.1 Å². The van der Waals surface area contributed by atoms with Gasteiger partial charge in [-0.2, -0.15) is 0 Å². The van der Waals surface area contributed by atoms with Crippen molar-refractivity contribution in [1.29, 1.82) is 0 Å². The molecule has 1 aliphatic heterocycles. The molecule has 1 saturated heterocycles. The molecule has 0 aromatic heterocycles. The third-order valence-corrected chi connectivity index (χ3v) is 3.83. The number of ether oxygens (including phenoxy) is 1. The molecule has 1 aromatic rings. The van der Waals surface area contributed by atoms with Gasteiger partial charge in [0.25, 0.3) is 0 Å². The van der Waals surface area contributed by atoms with Crippen LogP contribution >= 0.6 is 0 Å². The molecule has 110 valence electrons. The molecule has 0 bridgehead atoms. The van der Waals surface area contributed by atoms with Crippen molar-refractivity contribution in [3.05, 3.63) is 29.8 Å². The maximum absolute atomic E-state index is 12.0. The second kappa shape index (κ2) is 6.24. The monoisotopic (exact) mass is 277 g/mol. The second-order valence-corrected chi connectivity index (χ2v) is 5.44. The maximum Gasteiger partial charge on any atom is 0.239 e. The van der Waals surface area contributed by atoms with Crippen molar-refractivity contribution in [3.8, 4) is 5.75 Å². The number of nitrogens with two attached hydrogens (primary N) is 1. The summed E-state index contributed by atoms with van der Waals surface area (Å²) in [6.07, 6.45) is 0.747. The average molecular weight is 277 g/mol. The van der Waals surface area contributed by atoms with Crippen LogP contribution in [0.1, 0.15) is 18.0 Å². The van der Waals surface area contributed by atoms with Gasteiger partial charge in [0.15, 0.2) is 0 Å². The topological polar surface area (TPSA) is 58.8 Å². The first-order chi connectivity index (χ1) is 9.52. The molecule has 20 heavy (non-hydrogen) atoms. The highest BCUT2D eigenvalue weighted by molar-refractivity contribution is 5.83. The Morgan fingerprint density at radius 2 is 2.25 bits per heavy atom. The van der Waals surface area contributed by atoms with E-state index >= 15 is 0 Å². The minimum absolute atomic E-state index is 0.0553. The van der Waals surface area contributed by atoms with Crippen molar-refractivity contribution in [2.45, 2.75) is 18.5 Å². The minimum atomic E-state index is -0.330. The summed E-state index contributed by atoms with van der Waals surface area (Å²) in [7, 11) is 5.70. The molecule has 2 atom stereocenters. The van der Waals surface area contributed by atoms with Crippen LogP contribution in [0.25, 0.3) is 0 Å². The van der Waals surface area contributed by atoms with Gasteiger partial charge in [0.1, 0.15) is 5.75 Å². The summed E-state index contributed by atoms with van der Waals surface area (Å²) in [4.78, 5) is 15.9. The van der Waals surface area contributed by atoms with Gasteiger partial charge < -0.3 is 20.3 Å². The fourth-order valence-electron chi connectivity index (χ4n) is 2.57. The van der Waals surface area contributed by atoms with Gasteiger partial charge in [0.05, 0.1) is 19.2 Å². The van der Waals surface area contributed by atoms with E-state index in [0.29, 0.717) is 6.54 Å². The van der Waals surface area contributed by atoms with Crippen molar-refractivity contribution >= 4 is 5.91 Å². The van der Waals surface area contributed by atoms with E-state index < -0.39 is 0 Å². The molecule has 5 heteroatoms. The zero-order valence-corrected chi connectivity index (χ0v) is 12.4.